The zero-order valence-corrected chi connectivity index (χ0v) is 13.8. The molecule has 2 aromatic rings. The second kappa shape index (κ2) is 6.81. The van der Waals surface area contributed by atoms with Crippen molar-refractivity contribution >= 4 is 11.7 Å². The summed E-state index contributed by atoms with van der Waals surface area (Å²) < 4.78 is 16.6. The number of anilines is 1. The minimum atomic E-state index is -0.484. The van der Waals surface area contributed by atoms with Crippen LogP contribution in [0.1, 0.15) is 29.1 Å². The van der Waals surface area contributed by atoms with Crippen LogP contribution in [0.5, 0.6) is 0 Å². The number of furan rings is 1. The fourth-order valence-corrected chi connectivity index (χ4v) is 3.12. The molecular weight excluding hydrogens is 324 g/mol. The molecule has 0 aliphatic carbocycles. The number of likely N-dealkylation sites (tertiary alicyclic amines) is 1. The van der Waals surface area contributed by atoms with E-state index in [4.69, 9.17) is 13.9 Å². The van der Waals surface area contributed by atoms with E-state index in [0.29, 0.717) is 57.2 Å². The average Bonchev–Trinajstić information content (AvgIpc) is 3.33. The lowest BCUT2D eigenvalue weighted by atomic mass is 10.0. The third kappa shape index (κ3) is 3.49. The molecule has 0 unspecified atom stereocenters. The Morgan fingerprint density at radius 2 is 2.00 bits per heavy atom. The zero-order valence-electron chi connectivity index (χ0n) is 13.8. The fraction of sp³-hybridized carbons (Fsp3) is 0.471. The summed E-state index contributed by atoms with van der Waals surface area (Å²) in [7, 11) is 0. The van der Waals surface area contributed by atoms with Gasteiger partial charge in [0.2, 0.25) is 0 Å². The highest BCUT2D eigenvalue weighted by molar-refractivity contribution is 5.92. The first-order valence-corrected chi connectivity index (χ1v) is 8.40. The molecule has 0 saturated carbocycles. The van der Waals surface area contributed by atoms with E-state index >= 15 is 0 Å². The van der Waals surface area contributed by atoms with Crippen LogP contribution in [0, 0.1) is 0 Å². The number of amides is 1. The van der Waals surface area contributed by atoms with Gasteiger partial charge in [0.15, 0.2) is 5.79 Å². The standard InChI is InChI=1S/C17H20N4O4/c22-16(21-5-3-17(4-6-21)24-8-9-25-17)14-11-20-15(12-18-14)19-10-13-2-1-7-23-13/h1-2,7,11-12H,3-6,8-10H2,(H,19,20). The number of nitrogens with zero attached hydrogens (tertiary/aromatic N) is 3. The molecule has 2 saturated heterocycles. The minimum Gasteiger partial charge on any atom is -0.467 e. The lowest BCUT2D eigenvalue weighted by molar-refractivity contribution is -0.181. The molecule has 0 radical (unpaired) electrons. The quantitative estimate of drug-likeness (QED) is 0.902. The molecule has 1 amide bonds. The van der Waals surface area contributed by atoms with E-state index < -0.39 is 5.79 Å². The van der Waals surface area contributed by atoms with Crippen molar-refractivity contribution < 1.29 is 18.7 Å². The maximum absolute atomic E-state index is 12.6. The zero-order chi connectivity index (χ0) is 17.1. The molecule has 4 rings (SSSR count). The Bertz CT molecular complexity index is 701. The molecule has 8 heteroatoms. The molecule has 1 N–H and O–H groups in total. The van der Waals surface area contributed by atoms with Gasteiger partial charge >= 0.3 is 0 Å². The Morgan fingerprint density at radius 3 is 2.64 bits per heavy atom. The van der Waals surface area contributed by atoms with Crippen LogP contribution in [-0.2, 0) is 16.0 Å². The Labute approximate surface area is 145 Å². The van der Waals surface area contributed by atoms with Gasteiger partial charge in [-0.1, -0.05) is 0 Å². The molecule has 1 spiro atoms. The van der Waals surface area contributed by atoms with E-state index in [2.05, 4.69) is 15.3 Å². The molecule has 2 aromatic heterocycles. The van der Waals surface area contributed by atoms with Crippen LogP contribution >= 0.6 is 0 Å². The molecule has 4 heterocycles. The molecular formula is C17H20N4O4. The predicted octanol–water partition coefficient (Wildman–Crippen LogP) is 1.66. The second-order valence-corrected chi connectivity index (χ2v) is 6.12. The molecule has 0 bridgehead atoms. The van der Waals surface area contributed by atoms with Gasteiger partial charge in [0.05, 0.1) is 38.4 Å². The first-order valence-electron chi connectivity index (χ1n) is 8.40. The third-order valence-electron chi connectivity index (χ3n) is 4.52. The van der Waals surface area contributed by atoms with Gasteiger partial charge in [-0.2, -0.15) is 0 Å². The van der Waals surface area contributed by atoms with Crippen molar-refractivity contribution in [3.05, 3.63) is 42.2 Å². The van der Waals surface area contributed by atoms with Crippen molar-refractivity contribution in [2.24, 2.45) is 0 Å². The van der Waals surface area contributed by atoms with Crippen LogP contribution in [0.2, 0.25) is 0 Å². The topological polar surface area (TPSA) is 89.7 Å². The first kappa shape index (κ1) is 16.0. The summed E-state index contributed by atoms with van der Waals surface area (Å²) in [5.41, 5.74) is 0.341. The number of carbonyl (C=O) groups excluding carboxylic acids is 1. The van der Waals surface area contributed by atoms with E-state index in [0.717, 1.165) is 5.76 Å². The molecule has 0 atom stereocenters. The van der Waals surface area contributed by atoms with E-state index in [1.165, 1.54) is 6.20 Å². The summed E-state index contributed by atoms with van der Waals surface area (Å²) in [5.74, 6) is 0.805. The minimum absolute atomic E-state index is 0.113. The predicted molar refractivity (Wildman–Crippen MR) is 87.8 cm³/mol. The van der Waals surface area contributed by atoms with E-state index in [1.807, 2.05) is 12.1 Å². The fourth-order valence-electron chi connectivity index (χ4n) is 3.12. The van der Waals surface area contributed by atoms with Gasteiger partial charge in [-0.05, 0) is 12.1 Å². The van der Waals surface area contributed by atoms with E-state index in [9.17, 15) is 4.79 Å². The molecule has 0 aromatic carbocycles. The van der Waals surface area contributed by atoms with Gasteiger partial charge in [-0.3, -0.25) is 4.79 Å². The van der Waals surface area contributed by atoms with Crippen molar-refractivity contribution in [2.75, 3.05) is 31.6 Å². The summed E-state index contributed by atoms with van der Waals surface area (Å²) >= 11 is 0. The number of aromatic nitrogens is 2. The number of carbonyl (C=O) groups is 1. The van der Waals surface area contributed by atoms with Crippen molar-refractivity contribution in [3.8, 4) is 0 Å². The Balaban J connectivity index is 1.33. The maximum Gasteiger partial charge on any atom is 0.274 e. The summed E-state index contributed by atoms with van der Waals surface area (Å²) in [6, 6.07) is 3.70. The number of hydrogen-bond acceptors (Lipinski definition) is 7. The van der Waals surface area contributed by atoms with Crippen molar-refractivity contribution in [3.63, 3.8) is 0 Å². The van der Waals surface area contributed by atoms with Gasteiger partial charge < -0.3 is 24.1 Å². The van der Waals surface area contributed by atoms with Crippen molar-refractivity contribution in [2.45, 2.75) is 25.2 Å². The van der Waals surface area contributed by atoms with Crippen LogP contribution < -0.4 is 5.32 Å². The second-order valence-electron chi connectivity index (χ2n) is 6.12. The van der Waals surface area contributed by atoms with Crippen LogP contribution in [0.4, 0.5) is 5.82 Å². The lowest BCUT2D eigenvalue weighted by Crippen LogP contribution is -2.47. The largest absolute Gasteiger partial charge is 0.467 e. The SMILES string of the molecule is O=C(c1cnc(NCc2ccco2)cn1)N1CCC2(CC1)OCCO2. The lowest BCUT2D eigenvalue weighted by Gasteiger charge is -2.37. The van der Waals surface area contributed by atoms with Gasteiger partial charge in [0.25, 0.3) is 5.91 Å². The summed E-state index contributed by atoms with van der Waals surface area (Å²) in [5, 5.41) is 3.10. The van der Waals surface area contributed by atoms with Gasteiger partial charge in [-0.15, -0.1) is 0 Å². The van der Waals surface area contributed by atoms with Crippen LogP contribution in [0.25, 0.3) is 0 Å². The number of nitrogens with one attached hydrogen (secondary N) is 1. The maximum atomic E-state index is 12.6. The number of rotatable bonds is 4. The number of ether oxygens (including phenoxy) is 2. The van der Waals surface area contributed by atoms with Gasteiger partial charge in [-0.25, -0.2) is 9.97 Å². The van der Waals surface area contributed by atoms with Crippen LogP contribution in [0.15, 0.2) is 35.2 Å². The Hall–Kier alpha value is -2.45. The molecule has 132 valence electrons. The first-order chi connectivity index (χ1) is 12.2. The van der Waals surface area contributed by atoms with E-state index in [-0.39, 0.29) is 5.91 Å². The van der Waals surface area contributed by atoms with Crippen LogP contribution in [-0.4, -0.2) is 52.9 Å². The molecule has 2 aliphatic rings. The molecule has 8 nitrogen and oxygen atoms in total. The smallest absolute Gasteiger partial charge is 0.274 e. The summed E-state index contributed by atoms with van der Waals surface area (Å²) in [4.78, 5) is 22.8. The molecule has 25 heavy (non-hydrogen) atoms. The highest BCUT2D eigenvalue weighted by Gasteiger charge is 2.41. The third-order valence-corrected chi connectivity index (χ3v) is 4.52. The summed E-state index contributed by atoms with van der Waals surface area (Å²) in [6.45, 7) is 2.97. The van der Waals surface area contributed by atoms with E-state index in [1.54, 1.807) is 17.4 Å². The Kier molecular flexibility index (Phi) is 4.37. The van der Waals surface area contributed by atoms with Crippen molar-refractivity contribution in [1.29, 1.82) is 0 Å². The molecule has 2 aliphatic heterocycles. The highest BCUT2D eigenvalue weighted by Crippen LogP contribution is 2.31. The van der Waals surface area contributed by atoms with Gasteiger partial charge in [0, 0.05) is 25.9 Å². The summed E-state index contributed by atoms with van der Waals surface area (Å²) in [6.07, 6.45) is 6.06. The monoisotopic (exact) mass is 344 g/mol. The highest BCUT2D eigenvalue weighted by atomic mass is 16.7. The number of hydrogen-bond donors (Lipinski definition) is 1. The number of piperidine rings is 1. The molecule has 2 fully saturated rings. The Morgan fingerprint density at radius 1 is 1.20 bits per heavy atom. The van der Waals surface area contributed by atoms with Crippen LogP contribution in [0.3, 0.4) is 0 Å². The average molecular weight is 344 g/mol. The normalized spacial score (nSPS) is 19.3. The van der Waals surface area contributed by atoms with Crippen molar-refractivity contribution in [1.82, 2.24) is 14.9 Å². The van der Waals surface area contributed by atoms with Gasteiger partial charge in [0.1, 0.15) is 17.3 Å².